The number of allylic oxidation sites excluding steroid dienone is 1. The minimum atomic E-state index is -1.64. The SMILES string of the molecule is C=c1ccc2c(c1[As]1SCCS1)Oc1c(ccc(O)c1C(C)(C)C)C=2c1c(C(=O)O)cc(C(=O)O)c2c1C=CC2. The summed E-state index contributed by atoms with van der Waals surface area (Å²) in [5, 5.41) is 33.1. The van der Waals surface area contributed by atoms with E-state index in [4.69, 9.17) is 4.74 Å². The Balaban J connectivity index is 1.83. The van der Waals surface area contributed by atoms with Crippen LogP contribution in [0.15, 0.2) is 36.4 Å². The van der Waals surface area contributed by atoms with E-state index < -0.39 is 29.7 Å². The number of phenols is 1. The molecule has 1 fully saturated rings. The van der Waals surface area contributed by atoms with Gasteiger partial charge in [0.2, 0.25) is 0 Å². The van der Waals surface area contributed by atoms with Gasteiger partial charge >= 0.3 is 244 Å². The molecule has 1 aliphatic carbocycles. The molecule has 204 valence electrons. The maximum atomic E-state index is 12.8. The van der Waals surface area contributed by atoms with Crippen LogP contribution >= 0.6 is 20.0 Å². The van der Waals surface area contributed by atoms with Crippen LogP contribution in [0.2, 0.25) is 0 Å². The average molecular weight is 635 g/mol. The summed E-state index contributed by atoms with van der Waals surface area (Å²) in [6.45, 7) is 10.4. The predicted molar refractivity (Wildman–Crippen MR) is 163 cm³/mol. The molecule has 3 aliphatic rings. The molecule has 3 aromatic rings. The third kappa shape index (κ3) is 4.20. The van der Waals surface area contributed by atoms with Crippen LogP contribution < -0.4 is 19.5 Å². The van der Waals surface area contributed by atoms with E-state index in [1.807, 2.05) is 65.1 Å². The number of carbonyl (C=O) groups is 2. The first-order valence-electron chi connectivity index (χ1n) is 12.8. The zero-order valence-corrected chi connectivity index (χ0v) is 25.7. The van der Waals surface area contributed by atoms with Crippen LogP contribution in [0.3, 0.4) is 0 Å². The van der Waals surface area contributed by atoms with Gasteiger partial charge in [0, 0.05) is 0 Å². The predicted octanol–water partition coefficient (Wildman–Crippen LogP) is 4.59. The van der Waals surface area contributed by atoms with E-state index in [2.05, 4.69) is 6.58 Å². The second-order valence-electron chi connectivity index (χ2n) is 10.9. The van der Waals surface area contributed by atoms with E-state index in [0.29, 0.717) is 51.3 Å². The molecule has 40 heavy (non-hydrogen) atoms. The first kappa shape index (κ1) is 27.1. The number of fused-ring (bicyclic) bond motifs is 3. The Hall–Kier alpha value is -3.06. The van der Waals surface area contributed by atoms with Gasteiger partial charge in [-0.15, -0.1) is 0 Å². The third-order valence-electron chi connectivity index (χ3n) is 7.32. The van der Waals surface area contributed by atoms with Crippen molar-refractivity contribution in [3.63, 3.8) is 0 Å². The standard InChI is InChI=1S/C31H27AsO6S2/c1-15-8-9-19-24(23-17-7-5-6-16(17)20(29(34)35)14-21(23)30(36)37)18-10-11-22(33)25(31(2,3)4)27(18)38-28(19)26(15)32-39-12-13-40-32/h5,7-11,14,33H,1,6,12-13H2,2-4H3,(H,34,35)(H,36,37). The topological polar surface area (TPSA) is 104 Å². The molecule has 3 aromatic carbocycles. The van der Waals surface area contributed by atoms with Crippen LogP contribution in [-0.2, 0) is 11.8 Å². The average Bonchev–Trinajstić information content (AvgIpc) is 3.58. The quantitative estimate of drug-likeness (QED) is 0.280. The first-order valence-corrected chi connectivity index (χ1v) is 20.2. The molecule has 1 saturated heterocycles. The van der Waals surface area contributed by atoms with Crippen molar-refractivity contribution in [3.05, 3.63) is 85.8 Å². The Bertz CT molecular complexity index is 1780. The van der Waals surface area contributed by atoms with Crippen molar-refractivity contribution in [2.24, 2.45) is 0 Å². The zero-order valence-electron chi connectivity index (χ0n) is 22.2. The zero-order chi connectivity index (χ0) is 28.5. The van der Waals surface area contributed by atoms with Crippen molar-refractivity contribution in [2.45, 2.75) is 32.6 Å². The molecule has 9 heteroatoms. The molecule has 0 bridgehead atoms. The molecule has 0 spiro atoms. The molecule has 2 heterocycles. The van der Waals surface area contributed by atoms with Gasteiger partial charge in [0.1, 0.15) is 0 Å². The molecule has 0 unspecified atom stereocenters. The summed E-state index contributed by atoms with van der Waals surface area (Å²) in [4.78, 5) is 24.9. The first-order chi connectivity index (χ1) is 19.0. The molecule has 2 aliphatic heterocycles. The van der Waals surface area contributed by atoms with E-state index in [9.17, 15) is 24.9 Å². The van der Waals surface area contributed by atoms with Gasteiger partial charge in [-0.2, -0.15) is 0 Å². The van der Waals surface area contributed by atoms with Crippen LogP contribution in [0.25, 0.3) is 18.2 Å². The van der Waals surface area contributed by atoms with Crippen LogP contribution in [0, 0.1) is 0 Å². The number of carboxylic acid groups (broad SMARTS) is 2. The van der Waals surface area contributed by atoms with E-state index in [-0.39, 0.29) is 16.9 Å². The summed E-state index contributed by atoms with van der Waals surface area (Å²) >= 11 is -1.64. The molecular weight excluding hydrogens is 607 g/mol. The number of carboxylic acids is 2. The Morgan fingerprint density at radius 3 is 2.35 bits per heavy atom. The number of aromatic hydroxyl groups is 1. The van der Waals surface area contributed by atoms with Gasteiger partial charge in [0.15, 0.2) is 0 Å². The summed E-state index contributed by atoms with van der Waals surface area (Å²) in [6.07, 6.45) is 4.10. The van der Waals surface area contributed by atoms with Crippen molar-refractivity contribution in [2.75, 3.05) is 11.5 Å². The number of ether oxygens (including phenoxy) is 1. The van der Waals surface area contributed by atoms with Crippen molar-refractivity contribution in [1.29, 1.82) is 0 Å². The van der Waals surface area contributed by atoms with Gasteiger partial charge in [-0.05, 0) is 0 Å². The number of phenolic OH excluding ortho intramolecular Hbond substituents is 1. The Morgan fingerprint density at radius 2 is 1.70 bits per heavy atom. The van der Waals surface area contributed by atoms with Gasteiger partial charge in [0.25, 0.3) is 0 Å². The molecule has 0 saturated carbocycles. The normalized spacial score (nSPS) is 15.9. The molecule has 0 aromatic heterocycles. The number of benzene rings is 3. The second kappa shape index (κ2) is 9.79. The van der Waals surface area contributed by atoms with Crippen LogP contribution in [0.4, 0.5) is 0 Å². The summed E-state index contributed by atoms with van der Waals surface area (Å²) in [5.74, 6) is 1.04. The number of hydrogen-bond donors (Lipinski definition) is 3. The van der Waals surface area contributed by atoms with Gasteiger partial charge in [-0.1, -0.05) is 0 Å². The van der Waals surface area contributed by atoms with Gasteiger partial charge in [0.05, 0.1) is 0 Å². The van der Waals surface area contributed by atoms with Gasteiger partial charge in [-0.3, -0.25) is 0 Å². The maximum absolute atomic E-state index is 12.8. The van der Waals surface area contributed by atoms with Gasteiger partial charge in [-0.25, -0.2) is 0 Å². The summed E-state index contributed by atoms with van der Waals surface area (Å²) in [7, 11) is 3.93. The summed E-state index contributed by atoms with van der Waals surface area (Å²) < 4.78 is 7.90. The Morgan fingerprint density at radius 1 is 1.00 bits per heavy atom. The van der Waals surface area contributed by atoms with E-state index in [1.54, 1.807) is 12.1 Å². The summed E-state index contributed by atoms with van der Waals surface area (Å²) in [5.41, 5.74) is 3.06. The fourth-order valence-electron chi connectivity index (χ4n) is 5.71. The van der Waals surface area contributed by atoms with Crippen LogP contribution in [0.1, 0.15) is 69.3 Å². The second-order valence-corrected chi connectivity index (χ2v) is 22.5. The Labute approximate surface area is 242 Å². The molecule has 0 radical (unpaired) electrons. The van der Waals surface area contributed by atoms with Crippen molar-refractivity contribution >= 4 is 66.9 Å². The van der Waals surface area contributed by atoms with E-state index >= 15 is 0 Å². The molecule has 3 N–H and O–H groups in total. The van der Waals surface area contributed by atoms with E-state index in [0.717, 1.165) is 26.3 Å². The van der Waals surface area contributed by atoms with Crippen LogP contribution in [0.5, 0.6) is 17.2 Å². The van der Waals surface area contributed by atoms with Crippen molar-refractivity contribution in [3.8, 4) is 17.2 Å². The fourth-order valence-corrected chi connectivity index (χ4v) is 20.9. The number of rotatable bonds is 4. The Kier molecular flexibility index (Phi) is 6.64. The molecule has 0 amide bonds. The number of hydrogen-bond acceptors (Lipinski definition) is 6. The number of aromatic carboxylic acids is 2. The molecule has 6 rings (SSSR count). The van der Waals surface area contributed by atoms with Crippen LogP contribution in [-0.4, -0.2) is 51.1 Å². The summed E-state index contributed by atoms with van der Waals surface area (Å²) in [6, 6.07) is 8.60. The minimum absolute atomic E-state index is 0.00401. The monoisotopic (exact) mass is 634 g/mol. The third-order valence-corrected chi connectivity index (χ3v) is 21.1. The van der Waals surface area contributed by atoms with Crippen molar-refractivity contribution < 1.29 is 29.6 Å². The molecule has 6 nitrogen and oxygen atoms in total. The molecule has 0 atom stereocenters. The van der Waals surface area contributed by atoms with Crippen molar-refractivity contribution in [1.82, 2.24) is 0 Å². The van der Waals surface area contributed by atoms with Gasteiger partial charge < -0.3 is 0 Å². The fraction of sp³-hybridized carbons (Fsp3) is 0.226. The molecular formula is C31H27AsO6S2. The van der Waals surface area contributed by atoms with E-state index in [1.165, 1.54) is 6.07 Å².